The summed E-state index contributed by atoms with van der Waals surface area (Å²) < 4.78 is 6.91. The quantitative estimate of drug-likeness (QED) is 0.883. The van der Waals surface area contributed by atoms with Crippen molar-refractivity contribution < 1.29 is 14.6 Å². The van der Waals surface area contributed by atoms with Gasteiger partial charge in [-0.3, -0.25) is 14.6 Å². The van der Waals surface area contributed by atoms with Crippen LogP contribution >= 0.6 is 0 Å². The predicted octanol–water partition coefficient (Wildman–Crippen LogP) is 0.920. The number of rotatable bonds is 3. The number of hydrogen-bond acceptors (Lipinski definition) is 5. The molecule has 2 unspecified atom stereocenters. The summed E-state index contributed by atoms with van der Waals surface area (Å²) in [5.41, 5.74) is 1.28. The summed E-state index contributed by atoms with van der Waals surface area (Å²) in [5, 5.41) is 12.4. The molecule has 1 aromatic heterocycles. The van der Waals surface area contributed by atoms with Gasteiger partial charge in [0.05, 0.1) is 19.3 Å². The molecular weight excluding hydrogens is 322 g/mol. The Bertz CT molecular complexity index is 855. The van der Waals surface area contributed by atoms with Crippen molar-refractivity contribution in [3.63, 3.8) is 0 Å². The van der Waals surface area contributed by atoms with Crippen molar-refractivity contribution in [1.82, 2.24) is 9.58 Å². The molecule has 0 aromatic carbocycles. The largest absolute Gasteiger partial charge is 0.491 e. The van der Waals surface area contributed by atoms with E-state index in [1.807, 2.05) is 18.0 Å². The molecule has 1 amide bonds. The van der Waals surface area contributed by atoms with E-state index in [1.165, 1.54) is 13.2 Å². The molecule has 0 fully saturated rings. The van der Waals surface area contributed by atoms with Crippen LogP contribution in [0.1, 0.15) is 42.1 Å². The van der Waals surface area contributed by atoms with Crippen LogP contribution in [0.25, 0.3) is 0 Å². The fourth-order valence-corrected chi connectivity index (χ4v) is 3.97. The number of pyridine rings is 1. The number of likely N-dealkylation sites (N-methyl/N-ethyl adjacent to an activating group) is 1. The van der Waals surface area contributed by atoms with Crippen molar-refractivity contribution >= 4 is 5.91 Å². The third-order valence-electron chi connectivity index (χ3n) is 5.04. The summed E-state index contributed by atoms with van der Waals surface area (Å²) in [6.45, 7) is 2.72. The predicted molar refractivity (Wildman–Crippen MR) is 92.3 cm³/mol. The Morgan fingerprint density at radius 1 is 1.32 bits per heavy atom. The molecule has 4 rings (SSSR count). The summed E-state index contributed by atoms with van der Waals surface area (Å²) in [5.74, 6) is -0.230. The third-order valence-corrected chi connectivity index (χ3v) is 5.04. The zero-order valence-corrected chi connectivity index (χ0v) is 14.3. The molecule has 0 saturated carbocycles. The van der Waals surface area contributed by atoms with Gasteiger partial charge in [0.25, 0.3) is 5.91 Å². The Kier molecular flexibility index (Phi) is 3.68. The zero-order valence-electron chi connectivity index (χ0n) is 14.3. The Labute approximate surface area is 145 Å². The third kappa shape index (κ3) is 2.15. The molecular formula is C18H21N3O4. The van der Waals surface area contributed by atoms with Crippen LogP contribution in [0.5, 0.6) is 5.75 Å². The minimum absolute atomic E-state index is 0.0258. The van der Waals surface area contributed by atoms with Crippen LogP contribution in [0, 0.1) is 0 Å². The molecule has 0 bridgehead atoms. The van der Waals surface area contributed by atoms with E-state index in [2.05, 4.69) is 12.2 Å². The molecule has 1 aliphatic carbocycles. The van der Waals surface area contributed by atoms with E-state index in [0.717, 1.165) is 18.4 Å². The van der Waals surface area contributed by atoms with Crippen LogP contribution in [0.15, 0.2) is 34.7 Å². The van der Waals surface area contributed by atoms with Gasteiger partial charge in [-0.25, -0.2) is 4.68 Å². The number of ether oxygens (including phenoxy) is 1. The Morgan fingerprint density at radius 3 is 2.76 bits per heavy atom. The highest BCUT2D eigenvalue weighted by atomic mass is 16.5. The number of amides is 1. The van der Waals surface area contributed by atoms with E-state index in [0.29, 0.717) is 18.8 Å². The van der Waals surface area contributed by atoms with Gasteiger partial charge in [0.1, 0.15) is 12.3 Å². The molecule has 0 saturated heterocycles. The number of aliphatic hydroxyl groups is 1. The molecule has 3 heterocycles. The Balaban J connectivity index is 1.97. The molecule has 0 spiro atoms. The summed E-state index contributed by atoms with van der Waals surface area (Å²) in [6, 6.07) is 1.37. The van der Waals surface area contributed by atoms with Crippen molar-refractivity contribution in [2.45, 2.75) is 32.0 Å². The lowest BCUT2D eigenvalue weighted by atomic mass is 10.0. The lowest BCUT2D eigenvalue weighted by Crippen LogP contribution is -2.60. The minimum Gasteiger partial charge on any atom is -0.491 e. The topological polar surface area (TPSA) is 75.0 Å². The number of allylic oxidation sites excluding steroid dienone is 2. The van der Waals surface area contributed by atoms with Gasteiger partial charge in [-0.05, 0) is 25.3 Å². The van der Waals surface area contributed by atoms with Gasteiger partial charge in [0, 0.05) is 12.6 Å². The molecule has 3 aliphatic rings. The Hall–Kier alpha value is -2.54. The summed E-state index contributed by atoms with van der Waals surface area (Å²) in [4.78, 5) is 27.2. The molecule has 2 atom stereocenters. The first kappa shape index (κ1) is 16.0. The number of hydrogen-bond donors (Lipinski definition) is 1. The average molecular weight is 343 g/mol. The van der Waals surface area contributed by atoms with Crippen LogP contribution in [-0.4, -0.2) is 47.0 Å². The number of methoxy groups -OCH3 is 1. The minimum atomic E-state index is -0.822. The lowest BCUT2D eigenvalue weighted by molar-refractivity contribution is 0.0628. The first-order chi connectivity index (χ1) is 12.1. The average Bonchev–Trinajstić information content (AvgIpc) is 2.94. The fourth-order valence-electron chi connectivity index (χ4n) is 3.97. The maximum absolute atomic E-state index is 13.2. The highest BCUT2D eigenvalue weighted by molar-refractivity contribution is 5.97. The van der Waals surface area contributed by atoms with Crippen LogP contribution in [0.3, 0.4) is 0 Å². The fraction of sp³-hybridized carbons (Fsp3) is 0.444. The van der Waals surface area contributed by atoms with Crippen molar-refractivity contribution in [1.29, 1.82) is 0 Å². The van der Waals surface area contributed by atoms with Gasteiger partial charge >= 0.3 is 0 Å². The smallest absolute Gasteiger partial charge is 0.278 e. The van der Waals surface area contributed by atoms with Gasteiger partial charge < -0.3 is 14.7 Å². The number of carbonyl (C=O) groups excluding carboxylic acids is 1. The van der Waals surface area contributed by atoms with Crippen LogP contribution < -0.4 is 15.2 Å². The van der Waals surface area contributed by atoms with E-state index in [-0.39, 0.29) is 28.9 Å². The van der Waals surface area contributed by atoms with Crippen molar-refractivity contribution in [3.05, 3.63) is 51.5 Å². The van der Waals surface area contributed by atoms with E-state index in [9.17, 15) is 14.7 Å². The van der Waals surface area contributed by atoms with Crippen LogP contribution in [0.4, 0.5) is 0 Å². The Morgan fingerprint density at radius 2 is 2.12 bits per heavy atom. The molecule has 0 radical (unpaired) electrons. The molecule has 2 aliphatic heterocycles. The van der Waals surface area contributed by atoms with Crippen LogP contribution in [0.2, 0.25) is 0 Å². The second-order valence-electron chi connectivity index (χ2n) is 6.41. The second-order valence-corrected chi connectivity index (χ2v) is 6.41. The number of aromatic nitrogens is 1. The van der Waals surface area contributed by atoms with E-state index < -0.39 is 6.10 Å². The van der Waals surface area contributed by atoms with Gasteiger partial charge in [-0.2, -0.15) is 0 Å². The highest BCUT2D eigenvalue weighted by Gasteiger charge is 2.46. The first-order valence-electron chi connectivity index (χ1n) is 8.55. The van der Waals surface area contributed by atoms with Crippen LogP contribution in [-0.2, 0) is 0 Å². The number of carbonyl (C=O) groups is 1. The zero-order chi connectivity index (χ0) is 17.7. The standard InChI is InChI=1S/C18H21N3O4/c1-3-19-17(11-7-5-4-6-8-11)20-10-14(23)12-9-13(22)16(25-2)15(18(19)24)21(12)20/h5,7-9,14,17,23H,3-4,6,10H2,1-2H3. The maximum Gasteiger partial charge on any atom is 0.278 e. The molecule has 1 aromatic rings. The summed E-state index contributed by atoms with van der Waals surface area (Å²) in [7, 11) is 1.39. The lowest BCUT2D eigenvalue weighted by Gasteiger charge is -2.45. The van der Waals surface area contributed by atoms with Gasteiger partial charge in [-0.1, -0.05) is 18.2 Å². The molecule has 7 nitrogen and oxygen atoms in total. The highest BCUT2D eigenvalue weighted by Crippen LogP contribution is 2.36. The maximum atomic E-state index is 13.2. The van der Waals surface area contributed by atoms with E-state index >= 15 is 0 Å². The SMILES string of the molecule is CCN1C(=O)c2c(OC)c(=O)cc3n2N(CC3O)C1C1=CCCC=C1. The summed E-state index contributed by atoms with van der Waals surface area (Å²) in [6.07, 6.45) is 7.07. The number of nitrogens with zero attached hydrogens (tertiary/aromatic N) is 3. The monoisotopic (exact) mass is 343 g/mol. The summed E-state index contributed by atoms with van der Waals surface area (Å²) >= 11 is 0. The van der Waals surface area contributed by atoms with Gasteiger partial charge in [0.15, 0.2) is 11.4 Å². The number of aliphatic hydroxyl groups excluding tert-OH is 1. The first-order valence-corrected chi connectivity index (χ1v) is 8.55. The van der Waals surface area contributed by atoms with Crippen molar-refractivity contribution in [3.8, 4) is 5.75 Å². The normalized spacial score (nSPS) is 24.4. The van der Waals surface area contributed by atoms with E-state index in [1.54, 1.807) is 9.58 Å². The molecule has 7 heteroatoms. The second kappa shape index (κ2) is 5.77. The van der Waals surface area contributed by atoms with Gasteiger partial charge in [-0.15, -0.1) is 0 Å². The molecule has 132 valence electrons. The van der Waals surface area contributed by atoms with Crippen molar-refractivity contribution in [2.75, 3.05) is 25.2 Å². The molecule has 25 heavy (non-hydrogen) atoms. The van der Waals surface area contributed by atoms with Gasteiger partial charge in [0.2, 0.25) is 5.43 Å². The molecule has 1 N–H and O–H groups in total. The van der Waals surface area contributed by atoms with E-state index in [4.69, 9.17) is 4.74 Å². The van der Waals surface area contributed by atoms with Crippen molar-refractivity contribution in [2.24, 2.45) is 0 Å².